The van der Waals surface area contributed by atoms with Crippen LogP contribution in [0.2, 0.25) is 0 Å². The summed E-state index contributed by atoms with van der Waals surface area (Å²) in [4.78, 5) is 23.6. The number of benzene rings is 1. The molecule has 2 N–H and O–H groups in total. The zero-order chi connectivity index (χ0) is 20.8. The number of alkyl halides is 1. The summed E-state index contributed by atoms with van der Waals surface area (Å²) in [5.74, 6) is -1.74. The van der Waals surface area contributed by atoms with Gasteiger partial charge in [0.1, 0.15) is 18.1 Å². The van der Waals surface area contributed by atoms with Crippen molar-refractivity contribution in [3.05, 3.63) is 47.4 Å². The first-order valence-corrected chi connectivity index (χ1v) is 11.0. The lowest BCUT2D eigenvalue weighted by molar-refractivity contribution is -0.137. The van der Waals surface area contributed by atoms with Crippen molar-refractivity contribution in [2.24, 2.45) is 11.8 Å². The first-order chi connectivity index (χ1) is 14.0. The van der Waals surface area contributed by atoms with E-state index in [-0.39, 0.29) is 24.5 Å². The number of halogens is 1. The quantitative estimate of drug-likeness (QED) is 0.397. The highest BCUT2D eigenvalue weighted by Crippen LogP contribution is 2.37. The maximum absolute atomic E-state index is 14.4. The summed E-state index contributed by atoms with van der Waals surface area (Å²) in [7, 11) is 0. The van der Waals surface area contributed by atoms with E-state index in [2.05, 4.69) is 0 Å². The molecule has 0 unspecified atom stereocenters. The molecule has 6 heteroatoms. The van der Waals surface area contributed by atoms with E-state index in [4.69, 9.17) is 5.11 Å². The molecule has 0 aliphatic heterocycles. The lowest BCUT2D eigenvalue weighted by atomic mass is 9.88. The highest BCUT2D eigenvalue weighted by Gasteiger charge is 2.40. The minimum absolute atomic E-state index is 0.0579. The normalized spacial score (nSPS) is 23.2. The Labute approximate surface area is 174 Å². The van der Waals surface area contributed by atoms with E-state index in [0.29, 0.717) is 12.8 Å². The summed E-state index contributed by atoms with van der Waals surface area (Å²) in [6.45, 7) is 0. The van der Waals surface area contributed by atoms with Crippen molar-refractivity contribution in [2.75, 3.05) is 0 Å². The zero-order valence-electron chi connectivity index (χ0n) is 16.3. The molecule has 0 saturated heterocycles. The van der Waals surface area contributed by atoms with Crippen LogP contribution in [0.5, 0.6) is 0 Å². The number of hydrogen-bond acceptors (Lipinski definition) is 4. The van der Waals surface area contributed by atoms with E-state index < -0.39 is 24.2 Å². The number of fused-ring (bicyclic) bond motifs is 1. The summed E-state index contributed by atoms with van der Waals surface area (Å²) >= 11 is 1.51. The van der Waals surface area contributed by atoms with Gasteiger partial charge in [-0.3, -0.25) is 9.59 Å². The molecule has 4 nitrogen and oxygen atoms in total. The number of carboxylic acid groups (broad SMARTS) is 1. The molecule has 0 radical (unpaired) electrons. The Morgan fingerprint density at radius 1 is 1.24 bits per heavy atom. The maximum atomic E-state index is 14.4. The second kappa shape index (κ2) is 10.1. The third-order valence-electron chi connectivity index (χ3n) is 5.61. The Hall–Kier alpha value is -2.05. The molecule has 0 spiro atoms. The minimum Gasteiger partial charge on any atom is -0.481 e. The van der Waals surface area contributed by atoms with Crippen LogP contribution in [-0.2, 0) is 9.59 Å². The Balaban J connectivity index is 1.56. The van der Waals surface area contributed by atoms with Gasteiger partial charge in [0.05, 0.1) is 0 Å². The third-order valence-corrected chi connectivity index (χ3v) is 6.80. The Bertz CT molecular complexity index is 842. The molecule has 0 amide bonds. The number of hydrogen-bond donors (Lipinski definition) is 2. The number of carboxylic acids is 1. The van der Waals surface area contributed by atoms with E-state index in [9.17, 15) is 19.1 Å². The van der Waals surface area contributed by atoms with Gasteiger partial charge in [-0.05, 0) is 30.4 Å². The predicted octanol–water partition coefficient (Wildman–Crippen LogP) is 5.46. The third kappa shape index (κ3) is 5.73. The number of Topliss-reactive ketones (excluding diaryl/α,β-unsaturated/α-hetero) is 1. The van der Waals surface area contributed by atoms with Crippen molar-refractivity contribution in [2.45, 2.75) is 57.2 Å². The predicted molar refractivity (Wildman–Crippen MR) is 113 cm³/mol. The van der Waals surface area contributed by atoms with Crippen LogP contribution in [0.3, 0.4) is 0 Å². The van der Waals surface area contributed by atoms with E-state index in [1.54, 1.807) is 12.2 Å². The van der Waals surface area contributed by atoms with Gasteiger partial charge in [-0.2, -0.15) is 0 Å². The Morgan fingerprint density at radius 2 is 2.00 bits per heavy atom. The molecule has 2 aromatic rings. The van der Waals surface area contributed by atoms with Crippen LogP contribution in [0.4, 0.5) is 4.39 Å². The molecular formula is C23H27FO4S. The molecule has 1 aliphatic rings. The number of ketones is 1. The molecular weight excluding hydrogens is 391 g/mol. The molecule has 0 bridgehead atoms. The topological polar surface area (TPSA) is 74.6 Å². The second-order valence-corrected chi connectivity index (χ2v) is 8.85. The number of carbonyl (C=O) groups is 2. The van der Waals surface area contributed by atoms with Gasteiger partial charge in [0, 0.05) is 34.3 Å². The average molecular weight is 419 g/mol. The van der Waals surface area contributed by atoms with E-state index in [1.807, 2.05) is 30.3 Å². The number of thiophene rings is 1. The lowest BCUT2D eigenvalue weighted by Crippen LogP contribution is -2.17. The van der Waals surface area contributed by atoms with Gasteiger partial charge in [0.15, 0.2) is 0 Å². The van der Waals surface area contributed by atoms with Gasteiger partial charge in [0.2, 0.25) is 0 Å². The van der Waals surface area contributed by atoms with Crippen molar-refractivity contribution in [1.82, 2.24) is 0 Å². The fraction of sp³-hybridized carbons (Fsp3) is 0.478. The molecule has 4 atom stereocenters. The summed E-state index contributed by atoms with van der Waals surface area (Å²) in [5.41, 5.74) is 0. The lowest BCUT2D eigenvalue weighted by Gasteiger charge is -2.17. The molecule has 1 aliphatic carbocycles. The number of allylic oxidation sites excluding steroid dienone is 1. The number of aliphatic hydroxyl groups is 1. The number of aliphatic carboxylic acids is 1. The number of rotatable bonds is 10. The molecule has 1 heterocycles. The van der Waals surface area contributed by atoms with Crippen LogP contribution < -0.4 is 0 Å². The largest absolute Gasteiger partial charge is 0.481 e. The number of carbonyl (C=O) groups excluding carboxylic acids is 1. The zero-order valence-corrected chi connectivity index (χ0v) is 17.1. The van der Waals surface area contributed by atoms with E-state index in [1.165, 1.54) is 11.3 Å². The summed E-state index contributed by atoms with van der Waals surface area (Å²) in [6.07, 6.45) is 5.11. The average Bonchev–Trinajstić information content (AvgIpc) is 3.23. The van der Waals surface area contributed by atoms with Gasteiger partial charge in [-0.1, -0.05) is 49.6 Å². The molecule has 1 aromatic heterocycles. The monoisotopic (exact) mass is 418 g/mol. The smallest absolute Gasteiger partial charge is 0.303 e. The summed E-state index contributed by atoms with van der Waals surface area (Å²) in [6, 6.07) is 9.84. The van der Waals surface area contributed by atoms with E-state index in [0.717, 1.165) is 34.2 Å². The number of unbranched alkanes of at least 4 members (excludes halogenated alkanes) is 3. The van der Waals surface area contributed by atoms with Gasteiger partial charge in [-0.15, -0.1) is 11.3 Å². The fourth-order valence-electron chi connectivity index (χ4n) is 4.03. The highest BCUT2D eigenvalue weighted by atomic mass is 32.1. The molecule has 1 saturated carbocycles. The van der Waals surface area contributed by atoms with Crippen LogP contribution >= 0.6 is 11.3 Å². The molecule has 1 fully saturated rings. The number of aliphatic hydroxyl groups excluding tert-OH is 1. The van der Waals surface area contributed by atoms with Crippen LogP contribution in [0.15, 0.2) is 42.5 Å². The maximum Gasteiger partial charge on any atom is 0.303 e. The highest BCUT2D eigenvalue weighted by molar-refractivity contribution is 7.19. The fourth-order valence-corrected chi connectivity index (χ4v) is 5.06. The van der Waals surface area contributed by atoms with Crippen LogP contribution in [-0.4, -0.2) is 28.1 Å². The Morgan fingerprint density at radius 3 is 2.76 bits per heavy atom. The van der Waals surface area contributed by atoms with Crippen molar-refractivity contribution in [3.8, 4) is 0 Å². The van der Waals surface area contributed by atoms with Gasteiger partial charge < -0.3 is 10.2 Å². The Kier molecular flexibility index (Phi) is 7.56. The van der Waals surface area contributed by atoms with Crippen LogP contribution in [0.25, 0.3) is 10.1 Å². The standard InChI is InChI=1S/C23H27FO4S/c24-18-14-20(26)17(16(18)8-3-1-2-4-10-23(27)28)11-12-19(25)22-13-15-7-5-6-9-21(15)29-22/h5-7,9,11-13,16-19,25H,1-4,8,10,14H2,(H,27,28)/t16-,17+,18-,19-/m1/s1. The molecule has 156 valence electrons. The summed E-state index contributed by atoms with van der Waals surface area (Å²) < 4.78 is 15.5. The van der Waals surface area contributed by atoms with E-state index >= 15 is 0 Å². The summed E-state index contributed by atoms with van der Waals surface area (Å²) in [5, 5.41) is 20.2. The van der Waals surface area contributed by atoms with Crippen LogP contribution in [0, 0.1) is 11.8 Å². The van der Waals surface area contributed by atoms with Gasteiger partial charge >= 0.3 is 5.97 Å². The first kappa shape index (κ1) is 21.7. The van der Waals surface area contributed by atoms with Crippen molar-refractivity contribution < 1.29 is 24.2 Å². The SMILES string of the molecule is O=C(O)CCCCCC[C@H]1[C@H](F)CC(=O)[C@H]1C=C[C@@H](O)c1cc2ccccc2s1. The van der Waals surface area contributed by atoms with Gasteiger partial charge in [-0.25, -0.2) is 4.39 Å². The van der Waals surface area contributed by atoms with Gasteiger partial charge in [0.25, 0.3) is 0 Å². The van der Waals surface area contributed by atoms with Crippen molar-refractivity contribution in [1.29, 1.82) is 0 Å². The van der Waals surface area contributed by atoms with Crippen LogP contribution in [0.1, 0.15) is 55.9 Å². The second-order valence-electron chi connectivity index (χ2n) is 7.74. The minimum atomic E-state index is -1.14. The molecule has 1 aromatic carbocycles. The molecule has 29 heavy (non-hydrogen) atoms. The first-order valence-electron chi connectivity index (χ1n) is 10.2. The molecule has 3 rings (SSSR count). The van der Waals surface area contributed by atoms with Crippen molar-refractivity contribution >= 4 is 33.2 Å². The van der Waals surface area contributed by atoms with Crippen molar-refractivity contribution in [3.63, 3.8) is 0 Å².